The lowest BCUT2D eigenvalue weighted by Crippen LogP contribution is -2.32. The third kappa shape index (κ3) is 3.38. The molecule has 5 rings (SSSR count). The molecule has 0 saturated carbocycles. The van der Waals surface area contributed by atoms with Crippen LogP contribution in [-0.2, 0) is 17.4 Å². The van der Waals surface area contributed by atoms with Crippen molar-refractivity contribution in [2.45, 2.75) is 5.60 Å². The average Bonchev–Trinajstić information content (AvgIpc) is 3.43. The molecule has 7 heteroatoms. The molecule has 2 aromatic carbocycles. The fraction of sp³-hybridized carbons (Fsp3) is 0.148. The number of aromatic amines is 1. The van der Waals surface area contributed by atoms with Gasteiger partial charge in [0.05, 0.1) is 30.8 Å². The van der Waals surface area contributed by atoms with E-state index in [1.807, 2.05) is 54.6 Å². The van der Waals surface area contributed by atoms with E-state index in [-0.39, 0.29) is 5.56 Å². The number of hydrogen-bond acceptors (Lipinski definition) is 5. The molecule has 0 bridgehead atoms. The quantitative estimate of drug-likeness (QED) is 0.416. The molecule has 0 spiro atoms. The summed E-state index contributed by atoms with van der Waals surface area (Å²) < 4.78 is 13.3. The number of ether oxygens (including phenoxy) is 2. The smallest absolute Gasteiger partial charge is 0.251 e. The van der Waals surface area contributed by atoms with Crippen LogP contribution in [0.25, 0.3) is 22.0 Å². The van der Waals surface area contributed by atoms with Gasteiger partial charge in [0.1, 0.15) is 0 Å². The van der Waals surface area contributed by atoms with E-state index in [1.165, 1.54) is 0 Å². The number of rotatable bonds is 6. The minimum atomic E-state index is -1.01. The van der Waals surface area contributed by atoms with E-state index >= 15 is 0 Å². The van der Waals surface area contributed by atoms with Crippen molar-refractivity contribution in [2.24, 2.45) is 7.05 Å². The molecule has 0 aliphatic carbocycles. The van der Waals surface area contributed by atoms with E-state index in [1.54, 1.807) is 50.6 Å². The number of pyridine rings is 2. The number of H-pyrrole nitrogens is 1. The standard InChI is InChI=1S/C27H24N4O3/c1-31-23-10-9-19(13-22(23)21(15-26(31)32)18-7-5-4-6-8-18)27(34-3,24-16-28-17-30-24)20-11-12-29-25(14-20)33-2/h4-17H,1-3H3,(H,28,30). The Hall–Kier alpha value is -4.23. The van der Waals surface area contributed by atoms with Crippen LogP contribution in [0.1, 0.15) is 16.8 Å². The summed E-state index contributed by atoms with van der Waals surface area (Å²) in [6.07, 6.45) is 5.07. The number of aryl methyl sites for hydroxylation is 1. The predicted molar refractivity (Wildman–Crippen MR) is 131 cm³/mol. The van der Waals surface area contributed by atoms with E-state index in [9.17, 15) is 4.79 Å². The Morgan fingerprint density at radius 2 is 1.76 bits per heavy atom. The van der Waals surface area contributed by atoms with Gasteiger partial charge in [-0.25, -0.2) is 9.97 Å². The van der Waals surface area contributed by atoms with Crippen LogP contribution in [0.15, 0.2) is 90.2 Å². The number of benzene rings is 2. The molecular weight excluding hydrogens is 428 g/mol. The SMILES string of the molecule is COc1cc(C(OC)(c2ccc3c(c2)c(-c2ccccc2)cc(=O)n3C)c2cnc[nH]2)ccn1. The van der Waals surface area contributed by atoms with E-state index in [4.69, 9.17) is 9.47 Å². The number of nitrogens with one attached hydrogen (secondary N) is 1. The minimum absolute atomic E-state index is 0.0652. The molecular formula is C27H24N4O3. The van der Waals surface area contributed by atoms with E-state index in [0.29, 0.717) is 5.88 Å². The number of nitrogens with zero attached hydrogens (tertiary/aromatic N) is 3. The molecule has 0 radical (unpaired) electrons. The minimum Gasteiger partial charge on any atom is -0.481 e. The Kier molecular flexibility index (Phi) is 5.47. The van der Waals surface area contributed by atoms with Gasteiger partial charge in [-0.05, 0) is 34.9 Å². The third-order valence-corrected chi connectivity index (χ3v) is 6.27. The fourth-order valence-electron chi connectivity index (χ4n) is 4.55. The largest absolute Gasteiger partial charge is 0.481 e. The van der Waals surface area contributed by atoms with Crippen molar-refractivity contribution >= 4 is 10.9 Å². The van der Waals surface area contributed by atoms with Gasteiger partial charge in [0.25, 0.3) is 5.56 Å². The van der Waals surface area contributed by atoms with Crippen molar-refractivity contribution in [3.63, 3.8) is 0 Å². The second-order valence-electron chi connectivity index (χ2n) is 7.99. The number of fused-ring (bicyclic) bond motifs is 1. The molecule has 3 heterocycles. The summed E-state index contributed by atoms with van der Waals surface area (Å²) in [5.41, 5.74) is 4.05. The molecule has 0 aliphatic heterocycles. The molecule has 34 heavy (non-hydrogen) atoms. The average molecular weight is 453 g/mol. The van der Waals surface area contributed by atoms with Crippen LogP contribution in [0.5, 0.6) is 5.88 Å². The van der Waals surface area contributed by atoms with Crippen molar-refractivity contribution < 1.29 is 9.47 Å². The third-order valence-electron chi connectivity index (χ3n) is 6.27. The first-order chi connectivity index (χ1) is 16.6. The number of methoxy groups -OCH3 is 2. The van der Waals surface area contributed by atoms with Gasteiger partial charge in [-0.3, -0.25) is 4.79 Å². The van der Waals surface area contributed by atoms with Crippen LogP contribution >= 0.6 is 0 Å². The Morgan fingerprint density at radius 3 is 2.47 bits per heavy atom. The van der Waals surface area contributed by atoms with Crippen LogP contribution < -0.4 is 10.3 Å². The summed E-state index contributed by atoms with van der Waals surface area (Å²) in [4.78, 5) is 24.5. The second-order valence-corrected chi connectivity index (χ2v) is 7.99. The van der Waals surface area contributed by atoms with Crippen molar-refractivity contribution in [1.82, 2.24) is 19.5 Å². The maximum absolute atomic E-state index is 12.7. The van der Waals surface area contributed by atoms with Crippen molar-refractivity contribution in [3.05, 3.63) is 113 Å². The second kappa shape index (κ2) is 8.61. The highest BCUT2D eigenvalue weighted by Crippen LogP contribution is 2.41. The van der Waals surface area contributed by atoms with Gasteiger partial charge < -0.3 is 19.0 Å². The van der Waals surface area contributed by atoms with E-state index < -0.39 is 5.60 Å². The van der Waals surface area contributed by atoms with Crippen LogP contribution in [0, 0.1) is 0 Å². The van der Waals surface area contributed by atoms with Gasteiger partial charge in [0, 0.05) is 43.4 Å². The van der Waals surface area contributed by atoms with Gasteiger partial charge in [0.15, 0.2) is 5.60 Å². The van der Waals surface area contributed by atoms with Crippen LogP contribution in [0.4, 0.5) is 0 Å². The lowest BCUT2D eigenvalue weighted by molar-refractivity contribution is 0.0550. The summed E-state index contributed by atoms with van der Waals surface area (Å²) in [6.45, 7) is 0. The lowest BCUT2D eigenvalue weighted by atomic mass is 9.82. The summed E-state index contributed by atoms with van der Waals surface area (Å²) in [5.74, 6) is 0.478. The molecule has 5 aromatic rings. The molecule has 0 fully saturated rings. The number of hydrogen-bond donors (Lipinski definition) is 1. The highest BCUT2D eigenvalue weighted by atomic mass is 16.5. The zero-order valence-corrected chi connectivity index (χ0v) is 19.1. The van der Waals surface area contributed by atoms with E-state index in [2.05, 4.69) is 21.0 Å². The first kappa shape index (κ1) is 21.6. The van der Waals surface area contributed by atoms with Crippen LogP contribution in [0.3, 0.4) is 0 Å². The van der Waals surface area contributed by atoms with Crippen LogP contribution in [-0.4, -0.2) is 33.7 Å². The van der Waals surface area contributed by atoms with Crippen molar-refractivity contribution in [3.8, 4) is 17.0 Å². The van der Waals surface area contributed by atoms with Gasteiger partial charge in [-0.2, -0.15) is 0 Å². The summed E-state index contributed by atoms with van der Waals surface area (Å²) in [7, 11) is 5.03. The Labute approximate surface area is 196 Å². The molecule has 170 valence electrons. The molecule has 0 aliphatic rings. The van der Waals surface area contributed by atoms with Gasteiger partial charge in [-0.1, -0.05) is 36.4 Å². The summed E-state index contributed by atoms with van der Waals surface area (Å²) >= 11 is 0. The Balaban J connectivity index is 1.85. The highest BCUT2D eigenvalue weighted by Gasteiger charge is 2.39. The van der Waals surface area contributed by atoms with E-state index in [0.717, 1.165) is 38.9 Å². The topological polar surface area (TPSA) is 82.0 Å². The molecule has 0 saturated heterocycles. The summed E-state index contributed by atoms with van der Waals surface area (Å²) in [5, 5.41) is 0.938. The molecule has 3 aromatic heterocycles. The number of aromatic nitrogens is 4. The first-order valence-electron chi connectivity index (χ1n) is 10.8. The monoisotopic (exact) mass is 452 g/mol. The van der Waals surface area contributed by atoms with Crippen molar-refractivity contribution in [1.29, 1.82) is 0 Å². The maximum Gasteiger partial charge on any atom is 0.251 e. The first-order valence-corrected chi connectivity index (χ1v) is 10.8. The lowest BCUT2D eigenvalue weighted by Gasteiger charge is -2.33. The zero-order valence-electron chi connectivity index (χ0n) is 19.1. The molecule has 1 N–H and O–H groups in total. The summed E-state index contributed by atoms with van der Waals surface area (Å²) in [6, 6.07) is 21.4. The van der Waals surface area contributed by atoms with Gasteiger partial charge in [0.2, 0.25) is 5.88 Å². The van der Waals surface area contributed by atoms with Gasteiger partial charge in [-0.15, -0.1) is 0 Å². The molecule has 1 atom stereocenters. The maximum atomic E-state index is 12.7. The highest BCUT2D eigenvalue weighted by molar-refractivity contribution is 5.95. The van der Waals surface area contributed by atoms with Gasteiger partial charge >= 0.3 is 0 Å². The molecule has 0 amide bonds. The zero-order chi connectivity index (χ0) is 23.7. The fourth-order valence-corrected chi connectivity index (χ4v) is 4.55. The normalized spacial score (nSPS) is 13.0. The Bertz CT molecular complexity index is 1510. The number of imidazole rings is 1. The predicted octanol–water partition coefficient (Wildman–Crippen LogP) is 4.27. The van der Waals surface area contributed by atoms with Crippen molar-refractivity contribution in [2.75, 3.05) is 14.2 Å². The molecule has 7 nitrogen and oxygen atoms in total. The Morgan fingerprint density at radius 1 is 0.971 bits per heavy atom. The van der Waals surface area contributed by atoms with Crippen LogP contribution in [0.2, 0.25) is 0 Å². The molecule has 1 unspecified atom stereocenters.